The van der Waals surface area contributed by atoms with Crippen LogP contribution >= 0.6 is 0 Å². The maximum atomic E-state index is 5.46. The maximum Gasteiger partial charge on any atom is 0.0509 e. The van der Waals surface area contributed by atoms with Gasteiger partial charge in [0.15, 0.2) is 0 Å². The number of benzene rings is 1. The molecule has 2 aliphatic rings. The monoisotopic (exact) mass is 260 g/mol. The Balaban J connectivity index is 1.49. The Kier molecular flexibility index (Phi) is 4.16. The van der Waals surface area contributed by atoms with Crippen molar-refractivity contribution in [3.63, 3.8) is 0 Å². The van der Waals surface area contributed by atoms with Crippen LogP contribution in [0.1, 0.15) is 24.5 Å². The lowest BCUT2D eigenvalue weighted by Gasteiger charge is -2.28. The van der Waals surface area contributed by atoms with Crippen LogP contribution in [0.3, 0.4) is 0 Å². The summed E-state index contributed by atoms with van der Waals surface area (Å²) >= 11 is 0. The molecular weight excluding hydrogens is 236 g/mol. The minimum Gasteiger partial charge on any atom is -0.381 e. The van der Waals surface area contributed by atoms with Crippen molar-refractivity contribution in [2.75, 3.05) is 19.8 Å². The lowest BCUT2D eigenvalue weighted by molar-refractivity contribution is 0.178. The second kappa shape index (κ2) is 6.04. The molecule has 0 spiro atoms. The number of ether oxygens (including phenoxy) is 1. The summed E-state index contributed by atoms with van der Waals surface area (Å²) in [5.74, 6) is 0.691. The number of rotatable bonds is 4. The molecule has 3 rings (SSSR count). The number of nitrogens with one attached hydrogen (secondary N) is 2. The van der Waals surface area contributed by atoms with Gasteiger partial charge < -0.3 is 15.4 Å². The number of fused-ring (bicyclic) bond motifs is 1. The van der Waals surface area contributed by atoms with Crippen molar-refractivity contribution in [2.45, 2.75) is 38.4 Å². The van der Waals surface area contributed by atoms with E-state index in [0.717, 1.165) is 32.7 Å². The summed E-state index contributed by atoms with van der Waals surface area (Å²) < 4.78 is 5.46. The molecule has 104 valence electrons. The van der Waals surface area contributed by atoms with Crippen molar-refractivity contribution in [1.29, 1.82) is 0 Å². The zero-order chi connectivity index (χ0) is 13.1. The molecule has 3 atom stereocenters. The lowest BCUT2D eigenvalue weighted by Crippen LogP contribution is -2.46. The van der Waals surface area contributed by atoms with Gasteiger partial charge in [0.1, 0.15) is 0 Å². The summed E-state index contributed by atoms with van der Waals surface area (Å²) in [6, 6.07) is 9.87. The van der Waals surface area contributed by atoms with E-state index in [-0.39, 0.29) is 0 Å². The lowest BCUT2D eigenvalue weighted by atomic mass is 9.95. The molecule has 3 unspecified atom stereocenters. The Morgan fingerprint density at radius 1 is 1.37 bits per heavy atom. The van der Waals surface area contributed by atoms with E-state index in [9.17, 15) is 0 Å². The molecule has 2 aliphatic heterocycles. The summed E-state index contributed by atoms with van der Waals surface area (Å²) in [5, 5.41) is 7.31. The van der Waals surface area contributed by atoms with E-state index in [4.69, 9.17) is 4.74 Å². The van der Waals surface area contributed by atoms with E-state index in [1.807, 2.05) is 0 Å². The molecule has 0 aliphatic carbocycles. The second-order valence-electron chi connectivity index (χ2n) is 5.87. The summed E-state index contributed by atoms with van der Waals surface area (Å²) in [5.41, 5.74) is 2.96. The third-order valence-corrected chi connectivity index (χ3v) is 4.52. The molecule has 0 saturated carbocycles. The zero-order valence-corrected chi connectivity index (χ0v) is 11.7. The molecule has 2 N–H and O–H groups in total. The summed E-state index contributed by atoms with van der Waals surface area (Å²) in [4.78, 5) is 0. The van der Waals surface area contributed by atoms with Crippen LogP contribution in [0.25, 0.3) is 0 Å². The maximum absolute atomic E-state index is 5.46. The van der Waals surface area contributed by atoms with Crippen LogP contribution < -0.4 is 10.6 Å². The highest BCUT2D eigenvalue weighted by molar-refractivity contribution is 5.29. The van der Waals surface area contributed by atoms with Gasteiger partial charge in [0.2, 0.25) is 0 Å². The van der Waals surface area contributed by atoms with Crippen LogP contribution in [-0.2, 0) is 17.7 Å². The molecule has 2 heterocycles. The zero-order valence-electron chi connectivity index (χ0n) is 11.7. The van der Waals surface area contributed by atoms with E-state index in [0.29, 0.717) is 18.0 Å². The SMILES string of the molecule is CC(NCC1Cc2ccccc2CN1)C1CCOC1. The van der Waals surface area contributed by atoms with E-state index in [1.165, 1.54) is 17.5 Å². The third-order valence-electron chi connectivity index (χ3n) is 4.52. The summed E-state index contributed by atoms with van der Waals surface area (Å²) in [6.07, 6.45) is 2.34. The van der Waals surface area contributed by atoms with E-state index in [1.54, 1.807) is 0 Å². The molecule has 0 radical (unpaired) electrons. The number of hydrogen-bond acceptors (Lipinski definition) is 3. The molecule has 0 aromatic heterocycles. The molecule has 0 amide bonds. The van der Waals surface area contributed by atoms with Gasteiger partial charge in [0, 0.05) is 31.8 Å². The quantitative estimate of drug-likeness (QED) is 0.865. The summed E-state index contributed by atoms with van der Waals surface area (Å²) in [7, 11) is 0. The third kappa shape index (κ3) is 3.16. The molecule has 3 nitrogen and oxygen atoms in total. The van der Waals surface area contributed by atoms with Crippen LogP contribution in [0.15, 0.2) is 24.3 Å². The highest BCUT2D eigenvalue weighted by Crippen LogP contribution is 2.18. The van der Waals surface area contributed by atoms with Crippen LogP contribution in [0.5, 0.6) is 0 Å². The van der Waals surface area contributed by atoms with Gasteiger partial charge in [-0.3, -0.25) is 0 Å². The fourth-order valence-corrected chi connectivity index (χ4v) is 3.11. The van der Waals surface area contributed by atoms with Crippen LogP contribution in [0.2, 0.25) is 0 Å². The van der Waals surface area contributed by atoms with Crippen LogP contribution in [0, 0.1) is 5.92 Å². The van der Waals surface area contributed by atoms with E-state index in [2.05, 4.69) is 41.8 Å². The van der Waals surface area contributed by atoms with Crippen molar-refractivity contribution in [3.05, 3.63) is 35.4 Å². The van der Waals surface area contributed by atoms with Gasteiger partial charge in [-0.25, -0.2) is 0 Å². The van der Waals surface area contributed by atoms with Crippen molar-refractivity contribution in [1.82, 2.24) is 10.6 Å². The van der Waals surface area contributed by atoms with Crippen molar-refractivity contribution < 1.29 is 4.74 Å². The van der Waals surface area contributed by atoms with Crippen molar-refractivity contribution in [3.8, 4) is 0 Å². The Bertz CT molecular complexity index is 415. The van der Waals surface area contributed by atoms with Gasteiger partial charge in [-0.2, -0.15) is 0 Å². The first-order valence-corrected chi connectivity index (χ1v) is 7.44. The minimum absolute atomic E-state index is 0.555. The molecule has 1 saturated heterocycles. The average Bonchev–Trinajstić information content (AvgIpc) is 2.99. The van der Waals surface area contributed by atoms with Gasteiger partial charge in [0.05, 0.1) is 6.61 Å². The predicted octanol–water partition coefficient (Wildman–Crippen LogP) is 1.72. The Morgan fingerprint density at radius 2 is 2.21 bits per heavy atom. The Labute approximate surface area is 115 Å². The fourth-order valence-electron chi connectivity index (χ4n) is 3.11. The first-order chi connectivity index (χ1) is 9.33. The first kappa shape index (κ1) is 13.1. The van der Waals surface area contributed by atoms with Gasteiger partial charge >= 0.3 is 0 Å². The van der Waals surface area contributed by atoms with E-state index >= 15 is 0 Å². The normalized spacial score (nSPS) is 28.1. The predicted molar refractivity (Wildman–Crippen MR) is 77.2 cm³/mol. The first-order valence-electron chi connectivity index (χ1n) is 7.44. The molecule has 1 fully saturated rings. The molecule has 1 aromatic rings. The Hall–Kier alpha value is -0.900. The highest BCUT2D eigenvalue weighted by Gasteiger charge is 2.23. The second-order valence-corrected chi connectivity index (χ2v) is 5.87. The minimum atomic E-state index is 0.555. The molecule has 1 aromatic carbocycles. The topological polar surface area (TPSA) is 33.3 Å². The number of hydrogen-bond donors (Lipinski definition) is 2. The molecule has 19 heavy (non-hydrogen) atoms. The van der Waals surface area contributed by atoms with Gasteiger partial charge in [-0.1, -0.05) is 24.3 Å². The largest absolute Gasteiger partial charge is 0.381 e. The molecule has 3 heteroatoms. The van der Waals surface area contributed by atoms with Gasteiger partial charge in [0.25, 0.3) is 0 Å². The Morgan fingerprint density at radius 3 is 3.00 bits per heavy atom. The smallest absolute Gasteiger partial charge is 0.0509 e. The fraction of sp³-hybridized carbons (Fsp3) is 0.625. The van der Waals surface area contributed by atoms with Crippen LogP contribution in [0.4, 0.5) is 0 Å². The van der Waals surface area contributed by atoms with Crippen molar-refractivity contribution >= 4 is 0 Å². The molecular formula is C16H24N2O. The van der Waals surface area contributed by atoms with E-state index < -0.39 is 0 Å². The van der Waals surface area contributed by atoms with Gasteiger partial charge in [-0.05, 0) is 36.8 Å². The standard InChI is InChI=1S/C16H24N2O/c1-12(15-6-7-19-11-15)17-10-16-8-13-4-2-3-5-14(13)9-18-16/h2-5,12,15-18H,6-11H2,1H3. The highest BCUT2D eigenvalue weighted by atomic mass is 16.5. The summed E-state index contributed by atoms with van der Waals surface area (Å²) in [6.45, 7) is 6.20. The average molecular weight is 260 g/mol. The van der Waals surface area contributed by atoms with Crippen molar-refractivity contribution in [2.24, 2.45) is 5.92 Å². The molecule has 0 bridgehead atoms. The van der Waals surface area contributed by atoms with Gasteiger partial charge in [-0.15, -0.1) is 0 Å². The van der Waals surface area contributed by atoms with Crippen LogP contribution in [-0.4, -0.2) is 31.8 Å².